The van der Waals surface area contributed by atoms with Gasteiger partial charge in [0, 0.05) is 5.69 Å². The Hall–Kier alpha value is -2.14. The molecule has 0 saturated carbocycles. The fraction of sp³-hybridized carbons (Fsp3) is 0.188. The molecule has 0 fully saturated rings. The summed E-state index contributed by atoms with van der Waals surface area (Å²) in [6.07, 6.45) is -0.340. The van der Waals surface area contributed by atoms with Gasteiger partial charge in [-0.1, -0.05) is 18.5 Å². The number of nitrogens with one attached hydrogen (secondary N) is 1. The van der Waals surface area contributed by atoms with Crippen LogP contribution in [-0.4, -0.2) is 12.0 Å². The quantitative estimate of drug-likeness (QED) is 0.884. The number of benzene rings is 2. The van der Waals surface area contributed by atoms with Gasteiger partial charge in [-0.15, -0.1) is 0 Å². The molecule has 3 nitrogen and oxygen atoms in total. The minimum absolute atomic E-state index is 0.0784. The van der Waals surface area contributed by atoms with E-state index in [2.05, 4.69) is 5.32 Å². The SMILES string of the molecule is CC[C@@H](Oc1ccc(F)cc1)C(=O)Nc1ccc(F)c(Cl)c1. The van der Waals surface area contributed by atoms with Crippen LogP contribution < -0.4 is 10.1 Å². The summed E-state index contributed by atoms with van der Waals surface area (Å²) in [5.74, 6) is -0.949. The standard InChI is InChI=1S/C16H14ClF2NO2/c1-2-15(22-12-6-3-10(18)4-7-12)16(21)20-11-5-8-14(19)13(17)9-11/h3-9,15H,2H2,1H3,(H,20,21)/t15-/m1/s1. The van der Waals surface area contributed by atoms with Crippen molar-refractivity contribution in [1.29, 1.82) is 0 Å². The first-order chi connectivity index (χ1) is 10.5. The van der Waals surface area contributed by atoms with E-state index in [1.54, 1.807) is 6.92 Å². The Labute approximate surface area is 131 Å². The van der Waals surface area contributed by atoms with Gasteiger partial charge in [0.05, 0.1) is 5.02 Å². The number of amides is 1. The molecule has 116 valence electrons. The monoisotopic (exact) mass is 325 g/mol. The lowest BCUT2D eigenvalue weighted by Crippen LogP contribution is -2.32. The van der Waals surface area contributed by atoms with Crippen LogP contribution in [0.5, 0.6) is 5.75 Å². The maximum atomic E-state index is 13.1. The molecule has 1 amide bonds. The van der Waals surface area contributed by atoms with Crippen molar-refractivity contribution in [3.63, 3.8) is 0 Å². The smallest absolute Gasteiger partial charge is 0.265 e. The van der Waals surface area contributed by atoms with Gasteiger partial charge in [-0.3, -0.25) is 4.79 Å². The van der Waals surface area contributed by atoms with E-state index < -0.39 is 17.8 Å². The molecule has 0 radical (unpaired) electrons. The summed E-state index contributed by atoms with van der Waals surface area (Å²) in [7, 11) is 0. The normalized spacial score (nSPS) is 11.8. The third-order valence-corrected chi connectivity index (χ3v) is 3.23. The van der Waals surface area contributed by atoms with E-state index in [0.717, 1.165) is 0 Å². The summed E-state index contributed by atoms with van der Waals surface area (Å²) in [4.78, 5) is 12.2. The topological polar surface area (TPSA) is 38.3 Å². The second-order valence-electron chi connectivity index (χ2n) is 4.59. The number of anilines is 1. The predicted octanol–water partition coefficient (Wildman–Crippen LogP) is 4.41. The zero-order valence-electron chi connectivity index (χ0n) is 11.8. The molecular weight excluding hydrogens is 312 g/mol. The number of carbonyl (C=O) groups excluding carboxylic acids is 1. The summed E-state index contributed by atoms with van der Waals surface area (Å²) in [6.45, 7) is 1.78. The Bertz CT molecular complexity index is 662. The summed E-state index contributed by atoms with van der Waals surface area (Å²) in [6, 6.07) is 9.28. The van der Waals surface area contributed by atoms with Crippen LogP contribution in [0.4, 0.5) is 14.5 Å². The van der Waals surface area contributed by atoms with E-state index in [4.69, 9.17) is 16.3 Å². The summed E-state index contributed by atoms with van der Waals surface area (Å²) in [5, 5.41) is 2.53. The van der Waals surface area contributed by atoms with Crippen molar-refractivity contribution >= 4 is 23.2 Å². The van der Waals surface area contributed by atoms with E-state index >= 15 is 0 Å². The Morgan fingerprint density at radius 2 is 1.91 bits per heavy atom. The van der Waals surface area contributed by atoms with Crippen LogP contribution in [0.1, 0.15) is 13.3 Å². The first-order valence-corrected chi connectivity index (χ1v) is 7.05. The Morgan fingerprint density at radius 1 is 1.23 bits per heavy atom. The van der Waals surface area contributed by atoms with Gasteiger partial charge in [0.25, 0.3) is 5.91 Å². The number of halogens is 3. The van der Waals surface area contributed by atoms with Gasteiger partial charge in [0.2, 0.25) is 0 Å². The Morgan fingerprint density at radius 3 is 2.50 bits per heavy atom. The molecule has 2 rings (SSSR count). The average molecular weight is 326 g/mol. The maximum absolute atomic E-state index is 13.1. The van der Waals surface area contributed by atoms with Crippen molar-refractivity contribution in [3.8, 4) is 5.75 Å². The Balaban J connectivity index is 2.04. The number of carbonyl (C=O) groups is 1. The van der Waals surface area contributed by atoms with Gasteiger partial charge >= 0.3 is 0 Å². The highest BCUT2D eigenvalue weighted by atomic mass is 35.5. The maximum Gasteiger partial charge on any atom is 0.265 e. The molecule has 1 atom stereocenters. The lowest BCUT2D eigenvalue weighted by atomic mass is 10.2. The minimum atomic E-state index is -0.755. The zero-order valence-corrected chi connectivity index (χ0v) is 12.5. The molecule has 1 N–H and O–H groups in total. The van der Waals surface area contributed by atoms with Gasteiger partial charge in [-0.25, -0.2) is 8.78 Å². The number of ether oxygens (including phenoxy) is 1. The molecule has 0 aliphatic carbocycles. The highest BCUT2D eigenvalue weighted by molar-refractivity contribution is 6.31. The molecule has 0 unspecified atom stereocenters. The summed E-state index contributed by atoms with van der Waals surface area (Å²) >= 11 is 5.66. The van der Waals surface area contributed by atoms with Crippen LogP contribution >= 0.6 is 11.6 Å². The van der Waals surface area contributed by atoms with Crippen LogP contribution in [-0.2, 0) is 4.79 Å². The van der Waals surface area contributed by atoms with Gasteiger partial charge in [-0.05, 0) is 48.9 Å². The molecule has 0 aromatic heterocycles. The third-order valence-electron chi connectivity index (χ3n) is 2.94. The van der Waals surface area contributed by atoms with E-state index in [1.165, 1.54) is 42.5 Å². The van der Waals surface area contributed by atoms with Crippen LogP contribution in [0.15, 0.2) is 42.5 Å². The number of hydrogen-bond acceptors (Lipinski definition) is 2. The first kappa shape index (κ1) is 16.2. The van der Waals surface area contributed by atoms with Crippen molar-refractivity contribution < 1.29 is 18.3 Å². The molecule has 0 saturated heterocycles. The molecule has 2 aromatic rings. The summed E-state index contributed by atoms with van der Waals surface area (Å²) < 4.78 is 31.4. The number of hydrogen-bond donors (Lipinski definition) is 1. The molecule has 0 aliphatic rings. The van der Waals surface area contributed by atoms with Gasteiger partial charge in [0.15, 0.2) is 6.10 Å². The van der Waals surface area contributed by atoms with E-state index in [1.807, 2.05) is 0 Å². The van der Waals surface area contributed by atoms with E-state index in [-0.39, 0.29) is 10.8 Å². The lowest BCUT2D eigenvalue weighted by Gasteiger charge is -2.17. The van der Waals surface area contributed by atoms with Gasteiger partial charge < -0.3 is 10.1 Å². The second-order valence-corrected chi connectivity index (χ2v) is 4.99. The van der Waals surface area contributed by atoms with Crippen molar-refractivity contribution in [3.05, 3.63) is 59.1 Å². The first-order valence-electron chi connectivity index (χ1n) is 6.67. The fourth-order valence-corrected chi connectivity index (χ4v) is 1.98. The molecule has 2 aromatic carbocycles. The van der Waals surface area contributed by atoms with E-state index in [0.29, 0.717) is 17.9 Å². The molecule has 0 heterocycles. The predicted molar refractivity (Wildman–Crippen MR) is 81.1 cm³/mol. The lowest BCUT2D eigenvalue weighted by molar-refractivity contribution is -0.122. The second kappa shape index (κ2) is 7.22. The number of rotatable bonds is 5. The van der Waals surface area contributed by atoms with Crippen molar-refractivity contribution in [2.75, 3.05) is 5.32 Å². The fourth-order valence-electron chi connectivity index (χ4n) is 1.80. The average Bonchev–Trinajstić information content (AvgIpc) is 2.50. The van der Waals surface area contributed by atoms with Crippen molar-refractivity contribution in [2.45, 2.75) is 19.4 Å². The molecule has 22 heavy (non-hydrogen) atoms. The Kier molecular flexibility index (Phi) is 5.33. The van der Waals surface area contributed by atoms with Gasteiger partial charge in [0.1, 0.15) is 17.4 Å². The van der Waals surface area contributed by atoms with Crippen molar-refractivity contribution in [1.82, 2.24) is 0 Å². The van der Waals surface area contributed by atoms with Gasteiger partial charge in [-0.2, -0.15) is 0 Å². The highest BCUT2D eigenvalue weighted by Gasteiger charge is 2.19. The van der Waals surface area contributed by atoms with E-state index in [9.17, 15) is 13.6 Å². The van der Waals surface area contributed by atoms with Crippen LogP contribution in [0.2, 0.25) is 5.02 Å². The molecule has 0 aliphatic heterocycles. The van der Waals surface area contributed by atoms with Crippen LogP contribution in [0.25, 0.3) is 0 Å². The van der Waals surface area contributed by atoms with Crippen molar-refractivity contribution in [2.24, 2.45) is 0 Å². The van der Waals surface area contributed by atoms with Crippen LogP contribution in [0, 0.1) is 11.6 Å². The minimum Gasteiger partial charge on any atom is -0.481 e. The molecule has 6 heteroatoms. The van der Waals surface area contributed by atoms with Crippen LogP contribution in [0.3, 0.4) is 0 Å². The summed E-state index contributed by atoms with van der Waals surface area (Å²) in [5.41, 5.74) is 0.373. The molecular formula is C16H14ClF2NO2. The zero-order chi connectivity index (χ0) is 16.1. The molecule has 0 bridgehead atoms. The largest absolute Gasteiger partial charge is 0.481 e. The highest BCUT2D eigenvalue weighted by Crippen LogP contribution is 2.20. The third kappa shape index (κ3) is 4.18. The molecule has 0 spiro atoms.